The number of benzene rings is 4. The van der Waals surface area contributed by atoms with E-state index in [1.807, 2.05) is 105 Å². The summed E-state index contributed by atoms with van der Waals surface area (Å²) in [6, 6.07) is 35.6. The van der Waals surface area contributed by atoms with Crippen molar-refractivity contribution >= 4 is 36.3 Å². The van der Waals surface area contributed by atoms with E-state index in [0.29, 0.717) is 5.75 Å². The monoisotopic (exact) mass is 1120 g/mol. The molecule has 20 heteroatoms. The van der Waals surface area contributed by atoms with E-state index >= 15 is 0 Å². The molecule has 0 aliphatic carbocycles. The second kappa shape index (κ2) is 27.1. The van der Waals surface area contributed by atoms with Crippen molar-refractivity contribution < 1.29 is 75.2 Å². The van der Waals surface area contributed by atoms with Crippen LogP contribution in [0.15, 0.2) is 126 Å². The summed E-state index contributed by atoms with van der Waals surface area (Å²) in [6.45, 7) is 16.5. The smallest absolute Gasteiger partial charge is 0.424 e. The average Bonchev–Trinajstić information content (AvgIpc) is 3.85. The van der Waals surface area contributed by atoms with Gasteiger partial charge in [-0.1, -0.05) is 158 Å². The highest BCUT2D eigenvalue weighted by Crippen LogP contribution is 2.45. The predicted octanol–water partition coefficient (Wildman–Crippen LogP) is 8.26. The van der Waals surface area contributed by atoms with Crippen molar-refractivity contribution in [3.05, 3.63) is 138 Å². The van der Waals surface area contributed by atoms with Crippen LogP contribution < -0.4 is 4.72 Å². The lowest BCUT2D eigenvalue weighted by molar-refractivity contribution is -0.375. The molecule has 3 N–H and O–H groups in total. The lowest BCUT2D eigenvalue weighted by Crippen LogP contribution is -2.68. The van der Waals surface area contributed by atoms with Gasteiger partial charge < -0.3 is 62.0 Å². The van der Waals surface area contributed by atoms with Crippen molar-refractivity contribution in [3.63, 3.8) is 0 Å². The number of carbonyl (C=O) groups is 1. The van der Waals surface area contributed by atoms with Crippen LogP contribution >= 0.6 is 11.8 Å². The summed E-state index contributed by atoms with van der Waals surface area (Å²) in [4.78, 5) is 13.6. The molecule has 422 valence electrons. The first-order valence-corrected chi connectivity index (χ1v) is 31.4. The van der Waals surface area contributed by atoms with E-state index in [9.17, 15) is 23.4 Å². The molecule has 0 saturated carbocycles. The lowest BCUT2D eigenvalue weighted by atomic mass is 9.95. The van der Waals surface area contributed by atoms with Gasteiger partial charge in [-0.2, -0.15) is 0 Å². The third-order valence-corrected chi connectivity index (χ3v) is 23.6. The van der Waals surface area contributed by atoms with Crippen molar-refractivity contribution in [1.29, 1.82) is 0 Å². The summed E-state index contributed by atoms with van der Waals surface area (Å²) in [5.74, 6) is 0.468. The van der Waals surface area contributed by atoms with E-state index in [1.165, 1.54) is 23.9 Å². The Kier molecular flexibility index (Phi) is 20.9. The van der Waals surface area contributed by atoms with Crippen molar-refractivity contribution in [2.45, 2.75) is 188 Å². The number of fused-ring (bicyclic) bond motifs is 1. The van der Waals surface area contributed by atoms with Crippen LogP contribution in [0.2, 0.25) is 16.6 Å². The van der Waals surface area contributed by atoms with E-state index in [-0.39, 0.29) is 47.9 Å². The normalized spacial score (nSPS) is 30.8. The Hall–Kier alpha value is -3.81. The number of thioether (sulfide) groups is 1. The van der Waals surface area contributed by atoms with E-state index in [0.717, 1.165) is 16.7 Å². The minimum absolute atomic E-state index is 0.0312. The first kappa shape index (κ1) is 59.3. The highest BCUT2D eigenvalue weighted by Gasteiger charge is 2.61. The zero-order valence-corrected chi connectivity index (χ0v) is 47.7. The lowest BCUT2D eigenvalue weighted by Gasteiger charge is -2.50. The minimum atomic E-state index is -4.29. The Morgan fingerprint density at radius 1 is 0.623 bits per heavy atom. The summed E-state index contributed by atoms with van der Waals surface area (Å²) >= 11 is 1.27. The zero-order valence-electron chi connectivity index (χ0n) is 45.1. The van der Waals surface area contributed by atoms with Gasteiger partial charge in [0.2, 0.25) is 10.0 Å². The standard InChI is InChI=1S/C57H77NO16S2Si/c1-9-75-56-45(58-76(62,63)42-28-20-13-21-29-42)49(46(60)43(30-59)70-56)71-55-53(51-48(73-57(61)74-51)44(69-55)34-67-77(35(2)3,36(4)5)37(6)7)72-54-52(66-33-41-26-18-12-19-27-41)50(65-32-40-24-16-11-17-25-40)47(38(8)68-54)64-31-39-22-14-10-15-23-39/h10-29,35-38,43-56,58-60H,9,30-34H2,1-8H3/t38-,43+,44+,45+,46-,47+,48-,49+,50+,51-,52-,53+,54-,55-,56-/m0/s1. The maximum Gasteiger partial charge on any atom is 0.509 e. The molecule has 15 atom stereocenters. The second-order valence-electron chi connectivity index (χ2n) is 20.9. The van der Waals surface area contributed by atoms with Gasteiger partial charge in [-0.05, 0) is 58.1 Å². The van der Waals surface area contributed by atoms with Gasteiger partial charge in [-0.3, -0.25) is 0 Å². The second-order valence-corrected chi connectivity index (χ2v) is 29.5. The zero-order chi connectivity index (χ0) is 54.9. The number of nitrogens with one attached hydrogen (secondary N) is 1. The van der Waals surface area contributed by atoms with Gasteiger partial charge in [-0.25, -0.2) is 17.9 Å². The number of aliphatic hydroxyl groups excluding tert-OH is 2. The number of rotatable bonds is 25. The largest absolute Gasteiger partial charge is 0.509 e. The van der Waals surface area contributed by atoms with Gasteiger partial charge in [0.25, 0.3) is 0 Å². The first-order chi connectivity index (χ1) is 37.0. The molecule has 4 heterocycles. The van der Waals surface area contributed by atoms with Crippen LogP contribution in [0.5, 0.6) is 0 Å². The summed E-state index contributed by atoms with van der Waals surface area (Å²) in [6.07, 6.45) is -16.2. The van der Waals surface area contributed by atoms with Crippen LogP contribution in [0.25, 0.3) is 0 Å². The molecule has 0 bridgehead atoms. The molecule has 4 aliphatic rings. The average molecular weight is 1120 g/mol. The Balaban J connectivity index is 1.21. The predicted molar refractivity (Wildman–Crippen MR) is 290 cm³/mol. The van der Waals surface area contributed by atoms with Gasteiger partial charge in [0, 0.05) is 0 Å². The minimum Gasteiger partial charge on any atom is -0.424 e. The van der Waals surface area contributed by atoms with Gasteiger partial charge in [-0.15, -0.1) is 11.8 Å². The van der Waals surface area contributed by atoms with E-state index in [1.54, 1.807) is 18.2 Å². The van der Waals surface area contributed by atoms with E-state index in [4.69, 9.17) is 51.8 Å². The molecule has 4 fully saturated rings. The number of hydrogen-bond acceptors (Lipinski definition) is 17. The molecule has 4 aliphatic heterocycles. The molecular weight excluding hydrogens is 1050 g/mol. The van der Waals surface area contributed by atoms with Gasteiger partial charge in [0.1, 0.15) is 48.2 Å². The summed E-state index contributed by atoms with van der Waals surface area (Å²) < 4.78 is 105. The third kappa shape index (κ3) is 14.0. The van der Waals surface area contributed by atoms with Crippen LogP contribution in [0.4, 0.5) is 4.79 Å². The molecule has 4 saturated heterocycles. The molecule has 0 amide bonds. The molecule has 0 radical (unpaired) electrons. The van der Waals surface area contributed by atoms with E-state index in [2.05, 4.69) is 46.3 Å². The Morgan fingerprint density at radius 2 is 1.10 bits per heavy atom. The third-order valence-electron chi connectivity index (χ3n) is 15.0. The van der Waals surface area contributed by atoms with Crippen molar-refractivity contribution in [1.82, 2.24) is 4.72 Å². The SMILES string of the molecule is CCS[C@@H]1O[C@H](CO)[C@H](O)[C@H](O[C@@H]2O[C@H](CO[Si](C(C)C)(C(C)C)C(C)C)[C@@H]3OC(=O)O[C@@H]3[C@H]2O[C@@H]2O[C@@H](C)[C@@H](OCc3ccccc3)[C@@H](OCc3ccccc3)[C@@H]2OCc2ccccc2)[C@H]1NS(=O)(=O)c1ccccc1. The van der Waals surface area contributed by atoms with Crippen molar-refractivity contribution in [2.75, 3.05) is 19.0 Å². The topological polar surface area (TPSA) is 205 Å². The summed E-state index contributed by atoms with van der Waals surface area (Å²) in [5, 5.41) is 22.9. The Labute approximate surface area is 459 Å². The molecule has 77 heavy (non-hydrogen) atoms. The molecule has 17 nitrogen and oxygen atoms in total. The van der Waals surface area contributed by atoms with Gasteiger partial charge >= 0.3 is 6.16 Å². The maximum absolute atomic E-state index is 14.3. The van der Waals surface area contributed by atoms with Crippen molar-refractivity contribution in [2.24, 2.45) is 0 Å². The van der Waals surface area contributed by atoms with Gasteiger partial charge in [0.05, 0.1) is 50.1 Å². The molecule has 8 rings (SSSR count). The number of aliphatic hydroxyl groups is 2. The van der Waals surface area contributed by atoms with Crippen LogP contribution in [0, 0.1) is 0 Å². The Morgan fingerprint density at radius 3 is 1.62 bits per heavy atom. The van der Waals surface area contributed by atoms with Crippen LogP contribution in [-0.2, 0) is 81.6 Å². The molecule has 0 unspecified atom stereocenters. The summed E-state index contributed by atoms with van der Waals surface area (Å²) in [7, 11) is -6.88. The molecule has 4 aromatic carbocycles. The number of carbonyl (C=O) groups excluding carboxylic acids is 1. The maximum atomic E-state index is 14.3. The fourth-order valence-electron chi connectivity index (χ4n) is 11.3. The van der Waals surface area contributed by atoms with Crippen LogP contribution in [0.1, 0.15) is 72.1 Å². The van der Waals surface area contributed by atoms with Crippen molar-refractivity contribution in [3.8, 4) is 0 Å². The fourth-order valence-corrected chi connectivity index (χ4v) is 19.1. The Bertz CT molecular complexity index is 2520. The van der Waals surface area contributed by atoms with Crippen LogP contribution in [0.3, 0.4) is 0 Å². The quantitative estimate of drug-likeness (QED) is 0.0422. The number of hydrogen-bond donors (Lipinski definition) is 3. The molecular formula is C57H77NO16S2Si. The molecule has 0 aromatic heterocycles. The fraction of sp³-hybridized carbons (Fsp3) is 0.561. The highest BCUT2D eigenvalue weighted by atomic mass is 32.2. The van der Waals surface area contributed by atoms with E-state index < -0.39 is 122 Å². The molecule has 4 aromatic rings. The summed E-state index contributed by atoms with van der Waals surface area (Å²) in [5.41, 5.74) is 2.27. The number of sulfonamides is 1. The van der Waals surface area contributed by atoms with Gasteiger partial charge in [0.15, 0.2) is 39.2 Å². The molecule has 0 spiro atoms. The number of ether oxygens (including phenoxy) is 10. The first-order valence-electron chi connectivity index (χ1n) is 26.8. The highest BCUT2D eigenvalue weighted by molar-refractivity contribution is 7.99. The van der Waals surface area contributed by atoms with Crippen LogP contribution in [-0.4, -0.2) is 143 Å².